The molecule has 16 heavy (non-hydrogen) atoms. The monoisotopic (exact) mass is 234 g/mol. The Kier molecular flexibility index (Phi) is 3.22. The minimum Gasteiger partial charge on any atom is -0.394 e. The number of fused-ring (bicyclic) bond motifs is 1. The molecule has 0 saturated carbocycles. The van der Waals surface area contributed by atoms with Crippen LogP contribution in [0.4, 0.5) is 0 Å². The topological polar surface area (TPSA) is 77.4 Å². The highest BCUT2D eigenvalue weighted by molar-refractivity contribution is 4.96. The molecule has 5 atom stereocenters. The van der Waals surface area contributed by atoms with Crippen LogP contribution in [-0.2, 0) is 18.9 Å². The smallest absolute Gasteiger partial charge is 0.186 e. The predicted molar refractivity (Wildman–Crippen MR) is 52.6 cm³/mol. The first-order valence-electron chi connectivity index (χ1n) is 5.31. The summed E-state index contributed by atoms with van der Waals surface area (Å²) in [5.41, 5.74) is 0. The van der Waals surface area contributed by atoms with E-state index in [9.17, 15) is 10.2 Å². The summed E-state index contributed by atoms with van der Waals surface area (Å²) in [6.45, 7) is 3.32. The van der Waals surface area contributed by atoms with Gasteiger partial charge in [-0.05, 0) is 13.8 Å². The van der Waals surface area contributed by atoms with Crippen molar-refractivity contribution in [2.45, 2.75) is 50.3 Å². The normalized spacial score (nSPS) is 46.7. The van der Waals surface area contributed by atoms with Crippen LogP contribution in [-0.4, -0.2) is 60.4 Å². The number of methoxy groups -OCH3 is 1. The zero-order chi connectivity index (χ0) is 11.9. The van der Waals surface area contributed by atoms with Gasteiger partial charge in [0, 0.05) is 7.11 Å². The summed E-state index contributed by atoms with van der Waals surface area (Å²) < 4.78 is 21.6. The van der Waals surface area contributed by atoms with Crippen LogP contribution in [0.2, 0.25) is 0 Å². The Balaban J connectivity index is 2.18. The first-order chi connectivity index (χ1) is 7.48. The number of aliphatic hydroxyl groups excluding tert-OH is 2. The van der Waals surface area contributed by atoms with Gasteiger partial charge >= 0.3 is 0 Å². The van der Waals surface area contributed by atoms with Crippen molar-refractivity contribution < 1.29 is 29.2 Å². The number of hydrogen-bond acceptors (Lipinski definition) is 6. The van der Waals surface area contributed by atoms with Gasteiger partial charge in [-0.25, -0.2) is 0 Å². The van der Waals surface area contributed by atoms with Gasteiger partial charge in [0.25, 0.3) is 0 Å². The van der Waals surface area contributed by atoms with E-state index in [0.717, 1.165) is 0 Å². The third kappa shape index (κ3) is 1.97. The van der Waals surface area contributed by atoms with E-state index in [2.05, 4.69) is 0 Å². The molecule has 2 aliphatic rings. The first kappa shape index (κ1) is 12.2. The van der Waals surface area contributed by atoms with Gasteiger partial charge in [-0.3, -0.25) is 0 Å². The second-order valence-corrected chi connectivity index (χ2v) is 4.52. The minimum atomic E-state index is -0.917. The molecule has 2 heterocycles. The number of aliphatic hydroxyl groups is 2. The van der Waals surface area contributed by atoms with E-state index in [-0.39, 0.29) is 6.61 Å². The lowest BCUT2D eigenvalue weighted by molar-refractivity contribution is -0.274. The maximum atomic E-state index is 9.95. The summed E-state index contributed by atoms with van der Waals surface area (Å²) >= 11 is 0. The summed E-state index contributed by atoms with van der Waals surface area (Å²) in [6, 6.07) is 0. The predicted octanol–water partition coefficient (Wildman–Crippen LogP) is -0.769. The van der Waals surface area contributed by atoms with Crippen LogP contribution in [0.5, 0.6) is 0 Å². The summed E-state index contributed by atoms with van der Waals surface area (Å²) in [4.78, 5) is 0. The fourth-order valence-electron chi connectivity index (χ4n) is 2.20. The second kappa shape index (κ2) is 4.21. The van der Waals surface area contributed by atoms with Gasteiger partial charge in [0.1, 0.15) is 24.4 Å². The van der Waals surface area contributed by atoms with Gasteiger partial charge in [-0.15, -0.1) is 0 Å². The van der Waals surface area contributed by atoms with E-state index in [4.69, 9.17) is 18.9 Å². The van der Waals surface area contributed by atoms with E-state index >= 15 is 0 Å². The van der Waals surface area contributed by atoms with Crippen LogP contribution < -0.4 is 0 Å². The Hall–Kier alpha value is -0.240. The van der Waals surface area contributed by atoms with E-state index in [0.29, 0.717) is 0 Å². The molecule has 0 amide bonds. The molecule has 2 rings (SSSR count). The van der Waals surface area contributed by atoms with Gasteiger partial charge in [0.05, 0.1) is 6.61 Å². The van der Waals surface area contributed by atoms with Gasteiger partial charge in [0.15, 0.2) is 12.1 Å². The molecule has 2 aliphatic heterocycles. The molecule has 6 heteroatoms. The van der Waals surface area contributed by atoms with Crippen molar-refractivity contribution in [1.82, 2.24) is 0 Å². The van der Waals surface area contributed by atoms with Crippen LogP contribution >= 0.6 is 0 Å². The maximum absolute atomic E-state index is 9.95. The standard InChI is InChI=1S/C10H18O6/c1-10(2)15-7-5(4-11)14-9(13-3)6(12)8(7)16-10/h5-9,11-12H,4H2,1-3H3/t5-,6-,7+,8+,9-/m1/s1. The van der Waals surface area contributed by atoms with Crippen LogP contribution in [0.25, 0.3) is 0 Å². The lowest BCUT2D eigenvalue weighted by atomic mass is 9.99. The molecule has 0 spiro atoms. The zero-order valence-corrected chi connectivity index (χ0v) is 9.62. The molecule has 6 nitrogen and oxygen atoms in total. The molecule has 0 aromatic carbocycles. The fraction of sp³-hybridized carbons (Fsp3) is 1.00. The average Bonchev–Trinajstić information content (AvgIpc) is 2.55. The van der Waals surface area contributed by atoms with Crippen LogP contribution in [0.3, 0.4) is 0 Å². The molecule has 0 aromatic heterocycles. The van der Waals surface area contributed by atoms with E-state index in [1.165, 1.54) is 7.11 Å². The highest BCUT2D eigenvalue weighted by Gasteiger charge is 2.54. The minimum absolute atomic E-state index is 0.201. The molecule has 2 fully saturated rings. The molecule has 2 saturated heterocycles. The van der Waals surface area contributed by atoms with Gasteiger partial charge in [-0.2, -0.15) is 0 Å². The van der Waals surface area contributed by atoms with Crippen molar-refractivity contribution in [2.75, 3.05) is 13.7 Å². The van der Waals surface area contributed by atoms with Crippen molar-refractivity contribution in [3.8, 4) is 0 Å². The molecule has 94 valence electrons. The summed E-state index contributed by atoms with van der Waals surface area (Å²) in [5, 5.41) is 19.2. The molecular formula is C10H18O6. The van der Waals surface area contributed by atoms with Gasteiger partial charge < -0.3 is 29.2 Å². The Morgan fingerprint density at radius 3 is 2.44 bits per heavy atom. The van der Waals surface area contributed by atoms with Crippen LogP contribution in [0, 0.1) is 0 Å². The van der Waals surface area contributed by atoms with E-state index in [1.807, 2.05) is 0 Å². The van der Waals surface area contributed by atoms with E-state index in [1.54, 1.807) is 13.8 Å². The number of hydrogen-bond donors (Lipinski definition) is 2. The van der Waals surface area contributed by atoms with Crippen molar-refractivity contribution in [1.29, 1.82) is 0 Å². The maximum Gasteiger partial charge on any atom is 0.186 e. The molecule has 0 radical (unpaired) electrons. The SMILES string of the molecule is CO[C@@H]1O[C@H](CO)[C@@H]2OC(C)(C)O[C@H]2[C@H]1O. The van der Waals surface area contributed by atoms with E-state index < -0.39 is 36.5 Å². The summed E-state index contributed by atoms with van der Waals surface area (Å²) in [6.07, 6.45) is -3.26. The molecule has 2 N–H and O–H groups in total. The second-order valence-electron chi connectivity index (χ2n) is 4.52. The summed E-state index contributed by atoms with van der Waals surface area (Å²) in [5.74, 6) is -0.782. The summed E-state index contributed by atoms with van der Waals surface area (Å²) in [7, 11) is 1.43. The zero-order valence-electron chi connectivity index (χ0n) is 9.62. The number of ether oxygens (including phenoxy) is 4. The average molecular weight is 234 g/mol. The lowest BCUT2D eigenvalue weighted by Gasteiger charge is -2.38. The Morgan fingerprint density at radius 1 is 1.25 bits per heavy atom. The molecular weight excluding hydrogens is 216 g/mol. The van der Waals surface area contributed by atoms with Gasteiger partial charge in [-0.1, -0.05) is 0 Å². The molecule has 0 unspecified atom stereocenters. The molecule has 0 aliphatic carbocycles. The van der Waals surface area contributed by atoms with Crippen molar-refractivity contribution in [3.63, 3.8) is 0 Å². The molecule has 0 aromatic rings. The third-order valence-electron chi connectivity index (χ3n) is 2.87. The fourth-order valence-corrected chi connectivity index (χ4v) is 2.20. The third-order valence-corrected chi connectivity index (χ3v) is 2.87. The molecule has 0 bridgehead atoms. The van der Waals surface area contributed by atoms with Crippen molar-refractivity contribution in [2.24, 2.45) is 0 Å². The number of rotatable bonds is 2. The van der Waals surface area contributed by atoms with Crippen LogP contribution in [0.1, 0.15) is 13.8 Å². The highest BCUT2D eigenvalue weighted by Crippen LogP contribution is 2.37. The highest BCUT2D eigenvalue weighted by atomic mass is 16.8. The Labute approximate surface area is 94.1 Å². The lowest BCUT2D eigenvalue weighted by Crippen LogP contribution is -2.57. The largest absolute Gasteiger partial charge is 0.394 e. The van der Waals surface area contributed by atoms with Crippen molar-refractivity contribution >= 4 is 0 Å². The van der Waals surface area contributed by atoms with Crippen LogP contribution in [0.15, 0.2) is 0 Å². The first-order valence-corrected chi connectivity index (χ1v) is 5.31. The van der Waals surface area contributed by atoms with Crippen molar-refractivity contribution in [3.05, 3.63) is 0 Å². The Bertz CT molecular complexity index is 256. The quantitative estimate of drug-likeness (QED) is 0.653. The van der Waals surface area contributed by atoms with Gasteiger partial charge in [0.2, 0.25) is 0 Å². The Morgan fingerprint density at radius 2 is 1.88 bits per heavy atom.